The Bertz CT molecular complexity index is 874. The van der Waals surface area contributed by atoms with E-state index in [2.05, 4.69) is 77.4 Å². The van der Waals surface area contributed by atoms with E-state index in [0.29, 0.717) is 0 Å². The third kappa shape index (κ3) is 3.36. The van der Waals surface area contributed by atoms with Crippen molar-refractivity contribution in [2.24, 2.45) is 0 Å². The van der Waals surface area contributed by atoms with Crippen molar-refractivity contribution < 1.29 is 0 Å². The predicted octanol–water partition coefficient (Wildman–Crippen LogP) is 4.22. The third-order valence-electron chi connectivity index (χ3n) is 5.60. The second-order valence-electron chi connectivity index (χ2n) is 7.55. The lowest BCUT2D eigenvalue weighted by Crippen LogP contribution is -2.17. The standard InChI is InChI=1S/C23H29N3/c1-25(2)19-12-10-18(11-13-19)17-24-15-14-21-20-7-3-4-8-22(20)26-16-6-5-9-23(21)26/h5-6,9-13,16,24H,3-4,7-8,14-15,17H2,1-2H3. The van der Waals surface area contributed by atoms with Gasteiger partial charge in [0.15, 0.2) is 0 Å². The number of hydrogen-bond acceptors (Lipinski definition) is 2. The average Bonchev–Trinajstić information content (AvgIpc) is 3.00. The van der Waals surface area contributed by atoms with E-state index in [1.807, 2.05) is 0 Å². The van der Waals surface area contributed by atoms with Gasteiger partial charge in [-0.2, -0.15) is 0 Å². The number of aromatic nitrogens is 1. The molecule has 3 heteroatoms. The van der Waals surface area contributed by atoms with Gasteiger partial charge in [-0.25, -0.2) is 0 Å². The number of nitrogens with zero attached hydrogens (tertiary/aromatic N) is 2. The van der Waals surface area contributed by atoms with Crippen LogP contribution >= 0.6 is 0 Å². The van der Waals surface area contributed by atoms with Crippen molar-refractivity contribution in [3.05, 3.63) is 71.0 Å². The lowest BCUT2D eigenvalue weighted by Gasteiger charge is -2.14. The maximum absolute atomic E-state index is 3.64. The smallest absolute Gasteiger partial charge is 0.0488 e. The number of benzene rings is 1. The summed E-state index contributed by atoms with van der Waals surface area (Å²) in [4.78, 5) is 2.14. The van der Waals surface area contributed by atoms with Crippen LogP contribution < -0.4 is 10.2 Å². The molecule has 0 aliphatic heterocycles. The molecule has 0 saturated heterocycles. The van der Waals surface area contributed by atoms with Gasteiger partial charge in [-0.15, -0.1) is 0 Å². The highest BCUT2D eigenvalue weighted by Crippen LogP contribution is 2.30. The normalized spacial score (nSPS) is 13.8. The molecule has 0 radical (unpaired) electrons. The zero-order valence-corrected chi connectivity index (χ0v) is 16.0. The second kappa shape index (κ2) is 7.55. The van der Waals surface area contributed by atoms with Crippen LogP contribution in [-0.4, -0.2) is 25.0 Å². The van der Waals surface area contributed by atoms with E-state index in [1.165, 1.54) is 42.5 Å². The molecule has 0 saturated carbocycles. The summed E-state index contributed by atoms with van der Waals surface area (Å²) < 4.78 is 2.43. The summed E-state index contributed by atoms with van der Waals surface area (Å²) in [5.74, 6) is 0. The Balaban J connectivity index is 1.42. The van der Waals surface area contributed by atoms with Crippen molar-refractivity contribution >= 4 is 11.2 Å². The van der Waals surface area contributed by atoms with Crippen molar-refractivity contribution in [1.82, 2.24) is 9.72 Å². The topological polar surface area (TPSA) is 19.7 Å². The molecule has 136 valence electrons. The van der Waals surface area contributed by atoms with Gasteiger partial charge in [-0.05, 0) is 79.6 Å². The Morgan fingerprint density at radius 1 is 1.00 bits per heavy atom. The second-order valence-corrected chi connectivity index (χ2v) is 7.55. The van der Waals surface area contributed by atoms with E-state index in [1.54, 1.807) is 16.8 Å². The molecular formula is C23H29N3. The quantitative estimate of drug-likeness (QED) is 0.674. The van der Waals surface area contributed by atoms with Crippen molar-refractivity contribution in [1.29, 1.82) is 0 Å². The molecule has 0 fully saturated rings. The number of pyridine rings is 1. The third-order valence-corrected chi connectivity index (χ3v) is 5.60. The summed E-state index contributed by atoms with van der Waals surface area (Å²) in [6.45, 7) is 1.96. The molecule has 4 rings (SSSR count). The summed E-state index contributed by atoms with van der Waals surface area (Å²) in [6.07, 6.45) is 8.49. The first kappa shape index (κ1) is 17.2. The first-order valence-corrected chi connectivity index (χ1v) is 9.80. The van der Waals surface area contributed by atoms with E-state index < -0.39 is 0 Å². The van der Waals surface area contributed by atoms with Gasteiger partial charge in [0.1, 0.15) is 0 Å². The molecule has 1 aliphatic carbocycles. The Labute approximate surface area is 156 Å². The monoisotopic (exact) mass is 347 g/mol. The molecule has 26 heavy (non-hydrogen) atoms. The van der Waals surface area contributed by atoms with Crippen LogP contribution in [0, 0.1) is 0 Å². The lowest BCUT2D eigenvalue weighted by atomic mass is 9.93. The number of rotatable bonds is 6. The highest BCUT2D eigenvalue weighted by Gasteiger charge is 2.19. The van der Waals surface area contributed by atoms with Crippen LogP contribution in [0.1, 0.15) is 35.2 Å². The van der Waals surface area contributed by atoms with Crippen LogP contribution in [0.4, 0.5) is 5.69 Å². The molecule has 1 N–H and O–H groups in total. The van der Waals surface area contributed by atoms with Gasteiger partial charge in [0.2, 0.25) is 0 Å². The summed E-state index contributed by atoms with van der Waals surface area (Å²) in [5.41, 5.74) is 8.76. The molecule has 2 aromatic heterocycles. The van der Waals surface area contributed by atoms with Crippen LogP contribution in [-0.2, 0) is 25.8 Å². The van der Waals surface area contributed by atoms with Gasteiger partial charge in [0.25, 0.3) is 0 Å². The fraction of sp³-hybridized carbons (Fsp3) is 0.391. The highest BCUT2D eigenvalue weighted by atomic mass is 15.1. The van der Waals surface area contributed by atoms with Crippen LogP contribution in [0.3, 0.4) is 0 Å². The molecule has 0 amide bonds. The van der Waals surface area contributed by atoms with Gasteiger partial charge in [-0.1, -0.05) is 18.2 Å². The Kier molecular flexibility index (Phi) is 4.98. The number of fused-ring (bicyclic) bond motifs is 3. The summed E-state index contributed by atoms with van der Waals surface area (Å²) in [5, 5.41) is 3.64. The summed E-state index contributed by atoms with van der Waals surface area (Å²) in [6, 6.07) is 15.4. The van der Waals surface area contributed by atoms with Crippen molar-refractivity contribution in [2.75, 3.05) is 25.5 Å². The average molecular weight is 348 g/mol. The lowest BCUT2D eigenvalue weighted by molar-refractivity contribution is 0.656. The maximum Gasteiger partial charge on any atom is 0.0488 e. The van der Waals surface area contributed by atoms with E-state index in [-0.39, 0.29) is 0 Å². The number of nitrogens with one attached hydrogen (secondary N) is 1. The van der Waals surface area contributed by atoms with Crippen molar-refractivity contribution in [3.63, 3.8) is 0 Å². The number of anilines is 1. The van der Waals surface area contributed by atoms with E-state index in [4.69, 9.17) is 0 Å². The van der Waals surface area contributed by atoms with E-state index >= 15 is 0 Å². The summed E-state index contributed by atoms with van der Waals surface area (Å²) in [7, 11) is 4.16. The van der Waals surface area contributed by atoms with Gasteiger partial charge >= 0.3 is 0 Å². The van der Waals surface area contributed by atoms with Gasteiger partial charge in [0.05, 0.1) is 0 Å². The molecule has 3 nitrogen and oxygen atoms in total. The first-order chi connectivity index (χ1) is 12.7. The molecule has 2 heterocycles. The molecule has 0 spiro atoms. The Hall–Kier alpha value is -2.26. The van der Waals surface area contributed by atoms with E-state index in [9.17, 15) is 0 Å². The SMILES string of the molecule is CN(C)c1ccc(CNCCc2c3c(n4ccccc24)CCCC3)cc1. The Morgan fingerprint density at radius 2 is 1.81 bits per heavy atom. The molecule has 0 bridgehead atoms. The fourth-order valence-electron chi connectivity index (χ4n) is 4.20. The van der Waals surface area contributed by atoms with E-state index in [0.717, 1.165) is 19.5 Å². The van der Waals surface area contributed by atoms with Crippen molar-refractivity contribution in [3.8, 4) is 0 Å². The van der Waals surface area contributed by atoms with Gasteiger partial charge in [-0.3, -0.25) is 0 Å². The molecule has 3 aromatic rings. The molecule has 1 aromatic carbocycles. The highest BCUT2D eigenvalue weighted by molar-refractivity contribution is 5.62. The van der Waals surface area contributed by atoms with Gasteiger partial charge in [0, 0.05) is 43.7 Å². The minimum atomic E-state index is 0.932. The van der Waals surface area contributed by atoms with Crippen molar-refractivity contribution in [2.45, 2.75) is 38.6 Å². The molecular weight excluding hydrogens is 318 g/mol. The maximum atomic E-state index is 3.64. The zero-order chi connectivity index (χ0) is 17.9. The first-order valence-electron chi connectivity index (χ1n) is 9.80. The predicted molar refractivity (Wildman–Crippen MR) is 110 cm³/mol. The Morgan fingerprint density at radius 3 is 2.62 bits per heavy atom. The van der Waals surface area contributed by atoms with Crippen LogP contribution in [0.25, 0.3) is 5.52 Å². The largest absolute Gasteiger partial charge is 0.378 e. The van der Waals surface area contributed by atoms with Crippen LogP contribution in [0.5, 0.6) is 0 Å². The molecule has 0 unspecified atom stereocenters. The van der Waals surface area contributed by atoms with Crippen LogP contribution in [0.2, 0.25) is 0 Å². The molecule has 0 atom stereocenters. The summed E-state index contributed by atoms with van der Waals surface area (Å²) >= 11 is 0. The number of aryl methyl sites for hydroxylation is 1. The minimum absolute atomic E-state index is 0.932. The molecule has 1 aliphatic rings. The zero-order valence-electron chi connectivity index (χ0n) is 16.0. The number of hydrogen-bond donors (Lipinski definition) is 1. The minimum Gasteiger partial charge on any atom is -0.378 e. The fourth-order valence-corrected chi connectivity index (χ4v) is 4.20. The van der Waals surface area contributed by atoms with Crippen LogP contribution in [0.15, 0.2) is 48.7 Å². The van der Waals surface area contributed by atoms with Gasteiger partial charge < -0.3 is 14.6 Å².